The SMILES string of the molecule is NC(=S)NCCCC=C(Cl)Cl. The zero-order chi connectivity index (χ0) is 8.69. The lowest BCUT2D eigenvalue weighted by atomic mass is 10.3. The van der Waals surface area contributed by atoms with E-state index in [1.165, 1.54) is 0 Å². The normalized spacial score (nSPS) is 8.91. The second kappa shape index (κ2) is 6.70. The van der Waals surface area contributed by atoms with Gasteiger partial charge in [-0.2, -0.15) is 0 Å². The number of halogens is 2. The minimum absolute atomic E-state index is 0.306. The number of nitrogens with one attached hydrogen (secondary N) is 1. The summed E-state index contributed by atoms with van der Waals surface area (Å²) in [4.78, 5) is 0. The summed E-state index contributed by atoms with van der Waals surface area (Å²) in [5.74, 6) is 0. The summed E-state index contributed by atoms with van der Waals surface area (Å²) in [5, 5.41) is 3.14. The van der Waals surface area contributed by atoms with E-state index in [4.69, 9.17) is 28.9 Å². The van der Waals surface area contributed by atoms with Gasteiger partial charge in [-0.25, -0.2) is 0 Å². The Kier molecular flexibility index (Phi) is 6.71. The van der Waals surface area contributed by atoms with E-state index in [0.29, 0.717) is 9.60 Å². The van der Waals surface area contributed by atoms with Crippen LogP contribution in [0, 0.1) is 0 Å². The molecule has 64 valence electrons. The third-order valence-electron chi connectivity index (χ3n) is 0.979. The van der Waals surface area contributed by atoms with Crippen LogP contribution in [0.3, 0.4) is 0 Å². The minimum Gasteiger partial charge on any atom is -0.376 e. The van der Waals surface area contributed by atoms with Crippen molar-refractivity contribution in [2.75, 3.05) is 6.54 Å². The van der Waals surface area contributed by atoms with Crippen molar-refractivity contribution in [3.63, 3.8) is 0 Å². The van der Waals surface area contributed by atoms with Gasteiger partial charge >= 0.3 is 0 Å². The monoisotopic (exact) mass is 212 g/mol. The first kappa shape index (κ1) is 11.0. The molecule has 0 saturated carbocycles. The molecule has 5 heteroatoms. The highest BCUT2D eigenvalue weighted by atomic mass is 35.5. The van der Waals surface area contributed by atoms with Crippen molar-refractivity contribution in [2.24, 2.45) is 5.73 Å². The summed E-state index contributed by atoms with van der Waals surface area (Å²) in [6.07, 6.45) is 3.49. The lowest BCUT2D eigenvalue weighted by Crippen LogP contribution is -2.29. The van der Waals surface area contributed by atoms with Gasteiger partial charge in [-0.15, -0.1) is 0 Å². The molecule has 0 fully saturated rings. The molecule has 0 aromatic carbocycles. The van der Waals surface area contributed by atoms with Crippen molar-refractivity contribution in [3.8, 4) is 0 Å². The van der Waals surface area contributed by atoms with Crippen LogP contribution in [-0.2, 0) is 0 Å². The zero-order valence-corrected chi connectivity index (χ0v) is 8.27. The van der Waals surface area contributed by atoms with Crippen LogP contribution >= 0.6 is 35.4 Å². The van der Waals surface area contributed by atoms with E-state index in [1.54, 1.807) is 6.08 Å². The average molecular weight is 213 g/mol. The minimum atomic E-state index is 0.306. The Morgan fingerprint density at radius 1 is 1.55 bits per heavy atom. The number of unbranched alkanes of at least 4 members (excludes halogenated alkanes) is 1. The van der Waals surface area contributed by atoms with E-state index in [0.717, 1.165) is 19.4 Å². The standard InChI is InChI=1S/C6H10Cl2N2S/c7-5(8)3-1-2-4-10-6(9)11/h3H,1-2,4H2,(H3,9,10,11). The van der Waals surface area contributed by atoms with Crippen LogP contribution in [0.2, 0.25) is 0 Å². The lowest BCUT2D eigenvalue weighted by Gasteiger charge is -1.99. The van der Waals surface area contributed by atoms with E-state index in [1.807, 2.05) is 0 Å². The first-order chi connectivity index (χ1) is 5.13. The number of hydrogen-bond donors (Lipinski definition) is 2. The number of nitrogens with two attached hydrogens (primary N) is 1. The van der Waals surface area contributed by atoms with Crippen molar-refractivity contribution in [1.82, 2.24) is 5.32 Å². The Morgan fingerprint density at radius 2 is 2.18 bits per heavy atom. The quantitative estimate of drug-likeness (QED) is 0.553. The lowest BCUT2D eigenvalue weighted by molar-refractivity contribution is 0.791. The molecule has 11 heavy (non-hydrogen) atoms. The predicted octanol–water partition coefficient (Wildman–Crippen LogP) is 1.92. The number of thiocarbonyl (C=S) groups is 1. The molecule has 0 aliphatic rings. The molecule has 0 heterocycles. The number of allylic oxidation sites excluding steroid dienone is 1. The van der Waals surface area contributed by atoms with Crippen LogP contribution in [0.1, 0.15) is 12.8 Å². The van der Waals surface area contributed by atoms with E-state index >= 15 is 0 Å². The highest BCUT2D eigenvalue weighted by Crippen LogP contribution is 2.07. The summed E-state index contributed by atoms with van der Waals surface area (Å²) >= 11 is 15.3. The molecule has 0 rings (SSSR count). The van der Waals surface area contributed by atoms with Crippen LogP contribution < -0.4 is 11.1 Å². The average Bonchev–Trinajstić information content (AvgIpc) is 1.85. The van der Waals surface area contributed by atoms with Gasteiger partial charge < -0.3 is 11.1 Å². The largest absolute Gasteiger partial charge is 0.376 e. The molecule has 0 aromatic heterocycles. The molecule has 0 saturated heterocycles. The Labute approximate surface area is 81.7 Å². The summed E-state index contributed by atoms with van der Waals surface area (Å²) in [7, 11) is 0. The predicted molar refractivity (Wildman–Crippen MR) is 53.8 cm³/mol. The zero-order valence-electron chi connectivity index (χ0n) is 5.94. The van der Waals surface area contributed by atoms with Crippen LogP contribution in [0.5, 0.6) is 0 Å². The summed E-state index contributed by atoms with van der Waals surface area (Å²) in [6.45, 7) is 0.757. The van der Waals surface area contributed by atoms with Gasteiger partial charge in [-0.3, -0.25) is 0 Å². The van der Waals surface area contributed by atoms with Crippen molar-refractivity contribution in [1.29, 1.82) is 0 Å². The topological polar surface area (TPSA) is 38.0 Å². The molecule has 0 spiro atoms. The van der Waals surface area contributed by atoms with Gasteiger partial charge in [-0.05, 0) is 25.1 Å². The molecule has 0 unspecified atom stereocenters. The van der Waals surface area contributed by atoms with Crippen molar-refractivity contribution in [2.45, 2.75) is 12.8 Å². The molecular formula is C6H10Cl2N2S. The Bertz CT molecular complexity index is 155. The Morgan fingerprint density at radius 3 is 2.64 bits per heavy atom. The summed E-state index contributed by atoms with van der Waals surface area (Å²) < 4.78 is 0.306. The molecule has 3 N–H and O–H groups in total. The third-order valence-corrected chi connectivity index (χ3v) is 1.43. The number of rotatable bonds is 4. The van der Waals surface area contributed by atoms with Gasteiger partial charge in [0.15, 0.2) is 5.11 Å². The van der Waals surface area contributed by atoms with Crippen molar-refractivity contribution >= 4 is 40.5 Å². The number of hydrogen-bond acceptors (Lipinski definition) is 1. The van der Waals surface area contributed by atoms with E-state index in [-0.39, 0.29) is 0 Å². The molecular weight excluding hydrogens is 203 g/mol. The van der Waals surface area contributed by atoms with Gasteiger partial charge in [0.25, 0.3) is 0 Å². The Balaban J connectivity index is 3.15. The summed E-state index contributed by atoms with van der Waals surface area (Å²) in [5.41, 5.74) is 5.19. The van der Waals surface area contributed by atoms with Crippen molar-refractivity contribution in [3.05, 3.63) is 10.6 Å². The highest BCUT2D eigenvalue weighted by molar-refractivity contribution is 7.80. The first-order valence-electron chi connectivity index (χ1n) is 3.17. The van der Waals surface area contributed by atoms with Crippen molar-refractivity contribution < 1.29 is 0 Å². The third kappa shape index (κ3) is 10.0. The smallest absolute Gasteiger partial charge is 0.163 e. The molecule has 0 aliphatic heterocycles. The second-order valence-corrected chi connectivity index (χ2v) is 3.37. The second-order valence-electron chi connectivity index (χ2n) is 1.93. The van der Waals surface area contributed by atoms with E-state index in [2.05, 4.69) is 17.5 Å². The molecule has 2 nitrogen and oxygen atoms in total. The fourth-order valence-corrected chi connectivity index (χ4v) is 0.845. The van der Waals surface area contributed by atoms with Crippen LogP contribution in [0.25, 0.3) is 0 Å². The van der Waals surface area contributed by atoms with E-state index in [9.17, 15) is 0 Å². The molecule has 0 radical (unpaired) electrons. The highest BCUT2D eigenvalue weighted by Gasteiger charge is 1.87. The van der Waals surface area contributed by atoms with Gasteiger partial charge in [0.05, 0.1) is 0 Å². The maximum Gasteiger partial charge on any atom is 0.163 e. The van der Waals surface area contributed by atoms with Crippen LogP contribution in [-0.4, -0.2) is 11.7 Å². The maximum absolute atomic E-state index is 5.37. The fourth-order valence-electron chi connectivity index (χ4n) is 0.525. The Hall–Kier alpha value is 0.01000. The van der Waals surface area contributed by atoms with E-state index < -0.39 is 0 Å². The molecule has 0 bridgehead atoms. The van der Waals surface area contributed by atoms with Gasteiger partial charge in [-0.1, -0.05) is 29.3 Å². The summed E-state index contributed by atoms with van der Waals surface area (Å²) in [6, 6.07) is 0. The van der Waals surface area contributed by atoms with Gasteiger partial charge in [0, 0.05) is 6.54 Å². The first-order valence-corrected chi connectivity index (χ1v) is 4.34. The maximum atomic E-state index is 5.37. The van der Waals surface area contributed by atoms with Crippen LogP contribution in [0.4, 0.5) is 0 Å². The molecule has 0 aliphatic carbocycles. The molecule has 0 amide bonds. The van der Waals surface area contributed by atoms with Crippen LogP contribution in [0.15, 0.2) is 10.6 Å². The van der Waals surface area contributed by atoms with Gasteiger partial charge in [0.1, 0.15) is 4.49 Å². The molecule has 0 atom stereocenters. The fraction of sp³-hybridized carbons (Fsp3) is 0.500. The van der Waals surface area contributed by atoms with Gasteiger partial charge in [0.2, 0.25) is 0 Å². The molecule has 0 aromatic rings.